The first-order valence-corrected chi connectivity index (χ1v) is 15.4. The van der Waals surface area contributed by atoms with E-state index in [0.29, 0.717) is 17.4 Å². The van der Waals surface area contributed by atoms with E-state index in [-0.39, 0.29) is 31.1 Å². The molecule has 0 saturated heterocycles. The van der Waals surface area contributed by atoms with Crippen molar-refractivity contribution in [2.45, 2.75) is 90.1 Å². The Balaban J connectivity index is 1.66. The topological polar surface area (TPSA) is 202 Å². The smallest absolute Gasteiger partial charge is 0.306 e. The zero-order valence-electron chi connectivity index (χ0n) is 26.1. The summed E-state index contributed by atoms with van der Waals surface area (Å²) in [6, 6.07) is 9.98. The van der Waals surface area contributed by atoms with Crippen LogP contribution in [0.3, 0.4) is 0 Å². The van der Waals surface area contributed by atoms with Crippen LogP contribution in [0.15, 0.2) is 42.5 Å². The average Bonchev–Trinajstić information content (AvgIpc) is 2.98. The lowest BCUT2D eigenvalue weighted by Gasteiger charge is -2.33. The maximum atomic E-state index is 13.2. The van der Waals surface area contributed by atoms with Crippen LogP contribution in [0.5, 0.6) is 0 Å². The SMILES string of the molecule is CC(C)C[C@H](NC(=O)C(O)c1cccc2ccccc12)[C@H](O)CC(=O)N[C@H](C(=O)NC1CC(C(=O)O)CC(C(=O)O)C1)C(C)C. The summed E-state index contributed by atoms with van der Waals surface area (Å²) >= 11 is 0. The van der Waals surface area contributed by atoms with E-state index in [0.717, 1.165) is 5.39 Å². The highest BCUT2D eigenvalue weighted by molar-refractivity contribution is 5.92. The maximum Gasteiger partial charge on any atom is 0.306 e. The molecule has 12 heteroatoms. The number of hydrogen-bond donors (Lipinski definition) is 7. The minimum Gasteiger partial charge on any atom is -0.481 e. The van der Waals surface area contributed by atoms with Gasteiger partial charge in [-0.25, -0.2) is 0 Å². The van der Waals surface area contributed by atoms with Crippen molar-refractivity contribution >= 4 is 40.4 Å². The van der Waals surface area contributed by atoms with Crippen LogP contribution in [-0.2, 0) is 24.0 Å². The highest BCUT2D eigenvalue weighted by Gasteiger charge is 2.38. The van der Waals surface area contributed by atoms with Crippen LogP contribution in [0.25, 0.3) is 10.8 Å². The van der Waals surface area contributed by atoms with Crippen molar-refractivity contribution in [3.8, 4) is 0 Å². The number of aliphatic hydroxyl groups is 2. The number of aliphatic hydroxyl groups excluding tert-OH is 2. The van der Waals surface area contributed by atoms with Gasteiger partial charge in [0.15, 0.2) is 6.10 Å². The number of carbonyl (C=O) groups is 5. The Kier molecular flexibility index (Phi) is 12.5. The fraction of sp³-hybridized carbons (Fsp3) is 0.545. The Morgan fingerprint density at radius 2 is 1.40 bits per heavy atom. The van der Waals surface area contributed by atoms with Gasteiger partial charge in [0, 0.05) is 6.04 Å². The molecule has 3 unspecified atom stereocenters. The number of amides is 3. The quantitative estimate of drug-likeness (QED) is 0.164. The van der Waals surface area contributed by atoms with Crippen LogP contribution in [-0.4, -0.2) is 74.3 Å². The Labute approximate surface area is 262 Å². The Morgan fingerprint density at radius 1 is 0.800 bits per heavy atom. The molecule has 0 radical (unpaired) electrons. The molecular weight excluding hydrogens is 582 g/mol. The molecule has 0 aliphatic heterocycles. The lowest BCUT2D eigenvalue weighted by atomic mass is 9.78. The standard InChI is InChI=1S/C33H45N3O9/c1-17(2)12-25(35-31(41)29(39)24-11-7-9-19-8-5-6-10-23(19)24)26(37)16-27(38)36-28(18(3)4)30(40)34-22-14-20(32(42)43)13-21(15-22)33(44)45/h5-11,17-18,20-22,25-26,28-29,37,39H,12-16H2,1-4H3,(H,34,40)(H,35,41)(H,36,38)(H,42,43)(H,44,45)/t20?,21?,22?,25-,26+,28-,29?/m0/s1. The summed E-state index contributed by atoms with van der Waals surface area (Å²) in [4.78, 5) is 62.5. The first kappa shape index (κ1) is 35.4. The molecule has 3 rings (SSSR count). The second-order valence-corrected chi connectivity index (χ2v) is 12.8. The lowest BCUT2D eigenvalue weighted by molar-refractivity contribution is -0.149. The molecule has 7 N–H and O–H groups in total. The third kappa shape index (κ3) is 9.73. The summed E-state index contributed by atoms with van der Waals surface area (Å²) in [6.45, 7) is 7.19. The molecule has 1 aliphatic rings. The molecule has 2 aromatic carbocycles. The molecule has 0 bridgehead atoms. The highest BCUT2D eigenvalue weighted by atomic mass is 16.4. The molecular formula is C33H45N3O9. The van der Waals surface area contributed by atoms with Crippen LogP contribution in [0, 0.1) is 23.7 Å². The summed E-state index contributed by atoms with van der Waals surface area (Å²) in [5.41, 5.74) is 0.411. The van der Waals surface area contributed by atoms with Crippen molar-refractivity contribution in [3.05, 3.63) is 48.0 Å². The van der Waals surface area contributed by atoms with Crippen LogP contribution < -0.4 is 16.0 Å². The number of fused-ring (bicyclic) bond motifs is 1. The van der Waals surface area contributed by atoms with E-state index in [1.165, 1.54) is 0 Å². The van der Waals surface area contributed by atoms with Crippen molar-refractivity contribution in [1.82, 2.24) is 16.0 Å². The summed E-state index contributed by atoms with van der Waals surface area (Å²) in [5, 5.41) is 50.5. The molecule has 1 fully saturated rings. The van der Waals surface area contributed by atoms with Gasteiger partial charge in [0.25, 0.3) is 5.91 Å². The lowest BCUT2D eigenvalue weighted by Crippen LogP contribution is -2.55. The maximum absolute atomic E-state index is 13.2. The van der Waals surface area contributed by atoms with E-state index in [2.05, 4.69) is 16.0 Å². The van der Waals surface area contributed by atoms with Gasteiger partial charge in [-0.1, -0.05) is 70.2 Å². The van der Waals surface area contributed by atoms with Gasteiger partial charge in [0.2, 0.25) is 11.8 Å². The molecule has 246 valence electrons. The molecule has 0 heterocycles. The van der Waals surface area contributed by atoms with Crippen molar-refractivity contribution < 1.29 is 44.4 Å². The number of benzene rings is 2. The highest BCUT2D eigenvalue weighted by Crippen LogP contribution is 2.30. The van der Waals surface area contributed by atoms with Gasteiger partial charge >= 0.3 is 11.9 Å². The Hall–Kier alpha value is -4.03. The number of carboxylic acids is 2. The van der Waals surface area contributed by atoms with E-state index in [9.17, 15) is 44.4 Å². The fourth-order valence-corrected chi connectivity index (χ4v) is 5.94. The molecule has 0 spiro atoms. The van der Waals surface area contributed by atoms with E-state index >= 15 is 0 Å². The summed E-state index contributed by atoms with van der Waals surface area (Å²) in [7, 11) is 0. The number of carboxylic acid groups (broad SMARTS) is 2. The molecule has 0 aromatic heterocycles. The minimum atomic E-state index is -1.51. The van der Waals surface area contributed by atoms with Crippen molar-refractivity contribution in [2.24, 2.45) is 23.7 Å². The summed E-state index contributed by atoms with van der Waals surface area (Å²) < 4.78 is 0. The molecule has 1 saturated carbocycles. The van der Waals surface area contributed by atoms with E-state index in [4.69, 9.17) is 0 Å². The van der Waals surface area contributed by atoms with Crippen molar-refractivity contribution in [2.75, 3.05) is 0 Å². The van der Waals surface area contributed by atoms with E-state index in [1.807, 2.05) is 32.0 Å². The zero-order chi connectivity index (χ0) is 33.4. The number of hydrogen-bond acceptors (Lipinski definition) is 7. The first-order chi connectivity index (χ1) is 21.2. The molecule has 6 atom stereocenters. The van der Waals surface area contributed by atoms with Crippen LogP contribution in [0.1, 0.15) is 71.5 Å². The predicted molar refractivity (Wildman–Crippen MR) is 166 cm³/mol. The zero-order valence-corrected chi connectivity index (χ0v) is 26.1. The van der Waals surface area contributed by atoms with E-state index < -0.39 is 78.3 Å². The van der Waals surface area contributed by atoms with Gasteiger partial charge in [-0.05, 0) is 53.9 Å². The normalized spacial score (nSPS) is 21.0. The first-order valence-electron chi connectivity index (χ1n) is 15.4. The molecule has 2 aromatic rings. The van der Waals surface area contributed by atoms with Crippen LogP contribution >= 0.6 is 0 Å². The average molecular weight is 628 g/mol. The number of rotatable bonds is 14. The number of carbonyl (C=O) groups excluding carboxylic acids is 3. The second-order valence-electron chi connectivity index (χ2n) is 12.8. The van der Waals surface area contributed by atoms with Gasteiger partial charge in [0.1, 0.15) is 6.04 Å². The van der Waals surface area contributed by atoms with E-state index in [1.54, 1.807) is 38.1 Å². The minimum absolute atomic E-state index is 0.0215. The Morgan fingerprint density at radius 3 is 1.98 bits per heavy atom. The van der Waals surface area contributed by atoms with Gasteiger partial charge in [-0.2, -0.15) is 0 Å². The van der Waals surface area contributed by atoms with Gasteiger partial charge < -0.3 is 36.4 Å². The number of nitrogens with one attached hydrogen (secondary N) is 3. The van der Waals surface area contributed by atoms with Gasteiger partial charge in [0.05, 0.1) is 30.4 Å². The van der Waals surface area contributed by atoms with Crippen molar-refractivity contribution in [1.29, 1.82) is 0 Å². The fourth-order valence-electron chi connectivity index (χ4n) is 5.94. The number of aliphatic carboxylic acids is 2. The third-order valence-corrected chi connectivity index (χ3v) is 8.30. The second kappa shape index (κ2) is 15.8. The Bertz CT molecular complexity index is 1350. The summed E-state index contributed by atoms with van der Waals surface area (Å²) in [6.07, 6.45) is -2.85. The molecule has 45 heavy (non-hydrogen) atoms. The van der Waals surface area contributed by atoms with Crippen LogP contribution in [0.4, 0.5) is 0 Å². The predicted octanol–water partition coefficient (Wildman–Crippen LogP) is 2.37. The largest absolute Gasteiger partial charge is 0.481 e. The molecule has 12 nitrogen and oxygen atoms in total. The van der Waals surface area contributed by atoms with Crippen molar-refractivity contribution in [3.63, 3.8) is 0 Å². The monoisotopic (exact) mass is 627 g/mol. The third-order valence-electron chi connectivity index (χ3n) is 8.30. The van der Waals surface area contributed by atoms with Gasteiger partial charge in [-0.3, -0.25) is 24.0 Å². The molecule has 1 aliphatic carbocycles. The molecule has 3 amide bonds. The van der Waals surface area contributed by atoms with Crippen LogP contribution in [0.2, 0.25) is 0 Å². The van der Waals surface area contributed by atoms with Gasteiger partial charge in [-0.15, -0.1) is 0 Å². The summed E-state index contributed by atoms with van der Waals surface area (Å²) in [5.74, 6) is -6.41.